The molecule has 92 heavy (non-hydrogen) atoms. The van der Waals surface area contributed by atoms with Crippen molar-refractivity contribution in [3.63, 3.8) is 0 Å². The van der Waals surface area contributed by atoms with E-state index in [0.29, 0.717) is 0 Å². The Hall–Kier alpha value is -11.5. The van der Waals surface area contributed by atoms with Crippen LogP contribution in [0.25, 0.3) is 105 Å². The molecule has 0 amide bonds. The van der Waals surface area contributed by atoms with Crippen molar-refractivity contribution in [3.8, 4) is 83.6 Å². The van der Waals surface area contributed by atoms with Gasteiger partial charge in [-0.25, -0.2) is 0 Å². The van der Waals surface area contributed by atoms with Gasteiger partial charge in [-0.2, -0.15) is 0 Å². The van der Waals surface area contributed by atoms with Crippen molar-refractivity contribution in [2.45, 2.75) is 26.2 Å². The zero-order valence-corrected chi connectivity index (χ0v) is 51.7. The average molecular weight is 1170 g/mol. The van der Waals surface area contributed by atoms with Gasteiger partial charge in [-0.1, -0.05) is 312 Å². The lowest BCUT2D eigenvalue weighted by Crippen LogP contribution is -2.61. The van der Waals surface area contributed by atoms with Gasteiger partial charge in [0.1, 0.15) is 0 Å². The summed E-state index contributed by atoms with van der Waals surface area (Å²) >= 11 is 0. The maximum absolute atomic E-state index is 2.67. The van der Waals surface area contributed by atoms with Crippen molar-refractivity contribution in [3.05, 3.63) is 339 Å². The second-order valence-corrected chi connectivity index (χ2v) is 25.5. The lowest BCUT2D eigenvalue weighted by Gasteiger charge is -2.46. The van der Waals surface area contributed by atoms with Crippen LogP contribution >= 0.6 is 0 Å². The SMILES string of the molecule is CC(C)(C)c1ccc2c(c1)c1c(-c3ccccc3)cccc1n2-c1cc2c3c(c1)N(c1c(-c4ccccc4)cccc1-c1ccccc1)c1ccc(-c4ccccc4)cc1B3c1cc(-c3ccccc3)ccc1N2c1c(-c2ccccc2)cccc1-c1ccccc1. The van der Waals surface area contributed by atoms with Gasteiger partial charge in [0.2, 0.25) is 0 Å². The zero-order valence-electron chi connectivity index (χ0n) is 51.7. The summed E-state index contributed by atoms with van der Waals surface area (Å²) in [7, 11) is 0. The molecule has 0 bridgehead atoms. The fourth-order valence-electron chi connectivity index (χ4n) is 14.9. The number of aromatic nitrogens is 1. The molecule has 2 aliphatic rings. The molecule has 0 unspecified atom stereocenters. The lowest BCUT2D eigenvalue weighted by molar-refractivity contribution is 0.591. The minimum absolute atomic E-state index is 0.0942. The van der Waals surface area contributed by atoms with E-state index in [1.807, 2.05) is 0 Å². The minimum Gasteiger partial charge on any atom is -0.310 e. The van der Waals surface area contributed by atoms with Crippen LogP contribution in [-0.2, 0) is 5.41 Å². The van der Waals surface area contributed by atoms with Crippen LogP contribution in [0.2, 0.25) is 0 Å². The Labute approximate surface area is 539 Å². The molecule has 0 spiro atoms. The maximum atomic E-state index is 2.67. The average Bonchev–Trinajstić information content (AvgIpc) is 0.716. The van der Waals surface area contributed by atoms with Crippen molar-refractivity contribution < 1.29 is 0 Å². The summed E-state index contributed by atoms with van der Waals surface area (Å²) in [6.07, 6.45) is 0. The van der Waals surface area contributed by atoms with Gasteiger partial charge in [-0.05, 0) is 125 Å². The highest BCUT2D eigenvalue weighted by molar-refractivity contribution is 7.00. The first kappa shape index (κ1) is 54.7. The van der Waals surface area contributed by atoms with Crippen LogP contribution in [0.15, 0.2) is 334 Å². The molecule has 3 heterocycles. The van der Waals surface area contributed by atoms with Gasteiger partial charge in [0.15, 0.2) is 0 Å². The molecular formula is C88H64BN3. The number of anilines is 6. The van der Waals surface area contributed by atoms with Gasteiger partial charge in [-0.3, -0.25) is 0 Å². The van der Waals surface area contributed by atoms with E-state index in [4.69, 9.17) is 0 Å². The first-order valence-corrected chi connectivity index (χ1v) is 32.1. The second-order valence-electron chi connectivity index (χ2n) is 25.5. The monoisotopic (exact) mass is 1170 g/mol. The lowest BCUT2D eigenvalue weighted by atomic mass is 9.33. The van der Waals surface area contributed by atoms with Gasteiger partial charge in [0.05, 0.1) is 28.1 Å². The van der Waals surface area contributed by atoms with Crippen LogP contribution in [0.3, 0.4) is 0 Å². The summed E-state index contributed by atoms with van der Waals surface area (Å²) < 4.78 is 2.58. The molecule has 1 aromatic heterocycles. The van der Waals surface area contributed by atoms with E-state index in [1.54, 1.807) is 0 Å². The molecule has 0 radical (unpaired) electrons. The van der Waals surface area contributed by atoms with Crippen molar-refractivity contribution in [1.29, 1.82) is 0 Å². The third kappa shape index (κ3) is 9.12. The first-order chi connectivity index (χ1) is 45.3. The molecule has 14 aromatic carbocycles. The molecule has 0 atom stereocenters. The van der Waals surface area contributed by atoms with E-state index in [1.165, 1.54) is 66.1 Å². The zero-order chi connectivity index (χ0) is 61.4. The van der Waals surface area contributed by atoms with Gasteiger partial charge >= 0.3 is 0 Å². The molecule has 2 aliphatic heterocycles. The highest BCUT2D eigenvalue weighted by Crippen LogP contribution is 2.54. The summed E-state index contributed by atoms with van der Waals surface area (Å²) in [6.45, 7) is 6.75. The van der Waals surface area contributed by atoms with Crippen molar-refractivity contribution in [2.75, 3.05) is 9.80 Å². The summed E-state index contributed by atoms with van der Waals surface area (Å²) in [6, 6.07) is 125. The number of nitrogens with zero attached hydrogens (tertiary/aromatic N) is 3. The number of hydrogen-bond donors (Lipinski definition) is 0. The molecule has 4 heteroatoms. The molecule has 0 saturated heterocycles. The molecule has 0 saturated carbocycles. The summed E-state index contributed by atoms with van der Waals surface area (Å²) in [5, 5.41) is 2.46. The van der Waals surface area contributed by atoms with E-state index in [0.717, 1.165) is 95.4 Å². The second kappa shape index (κ2) is 22.2. The topological polar surface area (TPSA) is 11.4 Å². The Bertz CT molecular complexity index is 4930. The normalized spacial score (nSPS) is 12.4. The van der Waals surface area contributed by atoms with E-state index >= 15 is 0 Å². The van der Waals surface area contributed by atoms with Gasteiger partial charge < -0.3 is 14.4 Å². The minimum atomic E-state index is -0.232. The quantitative estimate of drug-likeness (QED) is 0.126. The fraction of sp³-hybridized carbons (Fsp3) is 0.0455. The van der Waals surface area contributed by atoms with Gasteiger partial charge in [-0.15, -0.1) is 0 Å². The number of hydrogen-bond acceptors (Lipinski definition) is 2. The summed E-state index contributed by atoms with van der Waals surface area (Å²) in [5.41, 5.74) is 31.2. The van der Waals surface area contributed by atoms with Crippen LogP contribution in [0.1, 0.15) is 26.3 Å². The van der Waals surface area contributed by atoms with E-state index in [9.17, 15) is 0 Å². The molecule has 3 nitrogen and oxygen atoms in total. The highest BCUT2D eigenvalue weighted by atomic mass is 15.2. The largest absolute Gasteiger partial charge is 0.310 e. The molecule has 15 aromatic rings. The maximum Gasteiger partial charge on any atom is 0.252 e. The number of rotatable bonds is 10. The first-order valence-electron chi connectivity index (χ1n) is 32.1. The standard InChI is InChI=1S/C88H64BN3/c1-88(2,3)68-50-53-78-75(56-68)84-70(61-32-15-6-16-33-61)42-27-47-81(84)90(78)69-57-82-85-83(58-69)92(87-73(64-38-21-9-22-39-64)45-26-46-74(87)65-40-23-10-24-41-65)80-52-49-67(60-30-13-5-14-31-60)55-77(80)89(85)76-54-66(59-28-11-4-12-29-59)48-51-79(76)91(82)86-71(62-34-17-7-18-35-62)43-25-44-72(86)63-36-19-8-20-37-63/h4-58H,1-3H3. The van der Waals surface area contributed by atoms with Crippen molar-refractivity contribution in [1.82, 2.24) is 4.57 Å². The fourth-order valence-corrected chi connectivity index (χ4v) is 14.9. The predicted octanol–water partition coefficient (Wildman–Crippen LogP) is 21.8. The molecule has 0 N–H and O–H groups in total. The highest BCUT2D eigenvalue weighted by Gasteiger charge is 2.46. The molecule has 434 valence electrons. The smallest absolute Gasteiger partial charge is 0.252 e. The van der Waals surface area contributed by atoms with Crippen LogP contribution in [0.5, 0.6) is 0 Å². The van der Waals surface area contributed by atoms with E-state index < -0.39 is 0 Å². The van der Waals surface area contributed by atoms with E-state index in [2.05, 4.69) is 369 Å². The summed E-state index contributed by atoms with van der Waals surface area (Å²) in [4.78, 5) is 5.33. The van der Waals surface area contributed by atoms with Crippen LogP contribution in [0, 0.1) is 0 Å². The third-order valence-electron chi connectivity index (χ3n) is 19.1. The predicted molar refractivity (Wildman–Crippen MR) is 392 cm³/mol. The Morgan fingerprint density at radius 3 is 1.02 bits per heavy atom. The van der Waals surface area contributed by atoms with Crippen LogP contribution in [-0.4, -0.2) is 11.3 Å². The molecule has 0 aliphatic carbocycles. The molecule has 17 rings (SSSR count). The van der Waals surface area contributed by atoms with Crippen LogP contribution < -0.4 is 26.2 Å². The number of para-hydroxylation sites is 2. The Kier molecular flexibility index (Phi) is 13.2. The summed E-state index contributed by atoms with van der Waals surface area (Å²) in [5.74, 6) is 0. The Balaban J connectivity index is 1.08. The number of benzene rings is 14. The molecular weight excluding hydrogens is 1110 g/mol. The van der Waals surface area contributed by atoms with E-state index in [-0.39, 0.29) is 12.1 Å². The van der Waals surface area contributed by atoms with Crippen molar-refractivity contribution >= 4 is 79.0 Å². The Morgan fingerprint density at radius 2 is 0.630 bits per heavy atom. The van der Waals surface area contributed by atoms with Crippen molar-refractivity contribution in [2.24, 2.45) is 0 Å². The van der Waals surface area contributed by atoms with Crippen LogP contribution in [0.4, 0.5) is 34.1 Å². The van der Waals surface area contributed by atoms with Gasteiger partial charge in [0, 0.05) is 55.8 Å². The Morgan fingerprint density at radius 1 is 0.272 bits per heavy atom. The molecule has 0 fully saturated rings. The van der Waals surface area contributed by atoms with Gasteiger partial charge in [0.25, 0.3) is 6.71 Å². The third-order valence-corrected chi connectivity index (χ3v) is 19.1. The number of fused-ring (bicyclic) bond motifs is 7.